The largest absolute Gasteiger partial charge is 0.342 e. The lowest BCUT2D eigenvalue weighted by Gasteiger charge is -2.17. The zero-order chi connectivity index (χ0) is 16.5. The van der Waals surface area contributed by atoms with Gasteiger partial charge in [0.1, 0.15) is 11.6 Å². The van der Waals surface area contributed by atoms with Crippen molar-refractivity contribution in [2.45, 2.75) is 38.6 Å². The summed E-state index contributed by atoms with van der Waals surface area (Å²) in [4.78, 5) is 14.4. The highest BCUT2D eigenvalue weighted by Gasteiger charge is 2.29. The van der Waals surface area contributed by atoms with E-state index in [1.165, 1.54) is 12.1 Å². The molecule has 1 saturated carbocycles. The van der Waals surface area contributed by atoms with E-state index in [2.05, 4.69) is 31.9 Å². The zero-order valence-corrected chi connectivity index (χ0v) is 13.6. The van der Waals surface area contributed by atoms with Crippen LogP contribution in [0.25, 0.3) is 11.0 Å². The second-order valence-electron chi connectivity index (χ2n) is 6.29. The standard InChI is InChI=1S/C17H20FN5O/c1-2-23(10-16-21-17(24-22-16)11-3-4-11)8-7-15-19-13-6-5-12(18)9-14(13)20-15/h5-6,9,11H,2-4,7-8,10H2,1H3,(H,19,20). The molecule has 1 aliphatic carbocycles. The van der Waals surface area contributed by atoms with E-state index >= 15 is 0 Å². The van der Waals surface area contributed by atoms with Gasteiger partial charge in [0.2, 0.25) is 5.89 Å². The van der Waals surface area contributed by atoms with Gasteiger partial charge in [0, 0.05) is 18.9 Å². The van der Waals surface area contributed by atoms with Gasteiger partial charge in [0.25, 0.3) is 0 Å². The first-order valence-electron chi connectivity index (χ1n) is 8.40. The monoisotopic (exact) mass is 329 g/mol. The number of nitrogens with one attached hydrogen (secondary N) is 1. The maximum absolute atomic E-state index is 13.2. The van der Waals surface area contributed by atoms with Crippen molar-refractivity contribution in [3.8, 4) is 0 Å². The predicted molar refractivity (Wildman–Crippen MR) is 87.0 cm³/mol. The van der Waals surface area contributed by atoms with Crippen LogP contribution in [0.2, 0.25) is 0 Å². The fourth-order valence-corrected chi connectivity index (χ4v) is 2.79. The summed E-state index contributed by atoms with van der Waals surface area (Å²) in [5.74, 6) is 2.61. The SMILES string of the molecule is CCN(CCc1nc2ccc(F)cc2[nH]1)Cc1noc(C2CC2)n1. The van der Waals surface area contributed by atoms with E-state index in [4.69, 9.17) is 4.52 Å². The molecule has 0 aliphatic heterocycles. The van der Waals surface area contributed by atoms with E-state index in [0.29, 0.717) is 12.5 Å². The second-order valence-corrected chi connectivity index (χ2v) is 6.29. The topological polar surface area (TPSA) is 70.8 Å². The van der Waals surface area contributed by atoms with Crippen LogP contribution in [0.3, 0.4) is 0 Å². The van der Waals surface area contributed by atoms with Crippen molar-refractivity contribution in [3.63, 3.8) is 0 Å². The molecule has 1 N–H and O–H groups in total. The fraction of sp³-hybridized carbons (Fsp3) is 0.471. The van der Waals surface area contributed by atoms with Gasteiger partial charge in [-0.2, -0.15) is 4.98 Å². The Morgan fingerprint density at radius 1 is 1.33 bits per heavy atom. The van der Waals surface area contributed by atoms with Crippen molar-refractivity contribution >= 4 is 11.0 Å². The van der Waals surface area contributed by atoms with Crippen LogP contribution in [0.1, 0.15) is 43.2 Å². The number of fused-ring (bicyclic) bond motifs is 1. The minimum absolute atomic E-state index is 0.253. The van der Waals surface area contributed by atoms with E-state index in [1.807, 2.05) is 0 Å². The maximum atomic E-state index is 13.2. The Morgan fingerprint density at radius 3 is 3.00 bits per heavy atom. The van der Waals surface area contributed by atoms with Crippen LogP contribution in [0.4, 0.5) is 4.39 Å². The lowest BCUT2D eigenvalue weighted by Crippen LogP contribution is -2.26. The summed E-state index contributed by atoms with van der Waals surface area (Å²) >= 11 is 0. The Hall–Kier alpha value is -2.28. The Morgan fingerprint density at radius 2 is 2.21 bits per heavy atom. The van der Waals surface area contributed by atoms with Gasteiger partial charge in [0.05, 0.1) is 17.6 Å². The van der Waals surface area contributed by atoms with Crippen LogP contribution in [-0.4, -0.2) is 38.1 Å². The van der Waals surface area contributed by atoms with E-state index in [1.54, 1.807) is 6.07 Å². The average molecular weight is 329 g/mol. The molecule has 0 spiro atoms. The first kappa shape index (κ1) is 15.3. The Kier molecular flexibility index (Phi) is 4.02. The summed E-state index contributed by atoms with van der Waals surface area (Å²) in [5, 5.41) is 4.07. The normalized spacial score (nSPS) is 14.8. The maximum Gasteiger partial charge on any atom is 0.229 e. The molecule has 0 unspecified atom stereocenters. The third-order valence-corrected chi connectivity index (χ3v) is 4.38. The highest BCUT2D eigenvalue weighted by molar-refractivity contribution is 5.74. The van der Waals surface area contributed by atoms with Crippen LogP contribution >= 0.6 is 0 Å². The number of halogens is 1. The van der Waals surface area contributed by atoms with E-state index in [9.17, 15) is 4.39 Å². The summed E-state index contributed by atoms with van der Waals surface area (Å²) in [6.07, 6.45) is 3.08. The quantitative estimate of drug-likeness (QED) is 0.721. The minimum atomic E-state index is -0.253. The average Bonchev–Trinajstić information content (AvgIpc) is 3.19. The molecule has 7 heteroatoms. The van der Waals surface area contributed by atoms with Crippen molar-refractivity contribution < 1.29 is 8.91 Å². The van der Waals surface area contributed by atoms with Crippen molar-refractivity contribution in [1.82, 2.24) is 25.0 Å². The molecular formula is C17H20FN5O. The minimum Gasteiger partial charge on any atom is -0.342 e. The van der Waals surface area contributed by atoms with E-state index in [0.717, 1.165) is 60.9 Å². The summed E-state index contributed by atoms with van der Waals surface area (Å²) in [5.41, 5.74) is 1.53. The molecule has 0 amide bonds. The van der Waals surface area contributed by atoms with E-state index < -0.39 is 0 Å². The number of nitrogens with zero attached hydrogens (tertiary/aromatic N) is 4. The van der Waals surface area contributed by atoms with Gasteiger partial charge < -0.3 is 9.51 Å². The number of hydrogen-bond donors (Lipinski definition) is 1. The third kappa shape index (κ3) is 3.31. The van der Waals surface area contributed by atoms with Crippen LogP contribution in [-0.2, 0) is 13.0 Å². The molecule has 24 heavy (non-hydrogen) atoms. The molecule has 0 radical (unpaired) electrons. The highest BCUT2D eigenvalue weighted by atomic mass is 19.1. The molecule has 2 heterocycles. The van der Waals surface area contributed by atoms with Crippen molar-refractivity contribution in [3.05, 3.63) is 41.6 Å². The number of benzene rings is 1. The number of aromatic amines is 1. The predicted octanol–water partition coefficient (Wildman–Crippen LogP) is 3.03. The van der Waals surface area contributed by atoms with Gasteiger partial charge in [-0.25, -0.2) is 9.37 Å². The first-order valence-corrected chi connectivity index (χ1v) is 8.40. The molecular weight excluding hydrogens is 309 g/mol. The molecule has 4 rings (SSSR count). The third-order valence-electron chi connectivity index (χ3n) is 4.38. The zero-order valence-electron chi connectivity index (χ0n) is 13.6. The number of imidazole rings is 1. The molecule has 1 aromatic carbocycles. The van der Waals surface area contributed by atoms with Gasteiger partial charge in [-0.1, -0.05) is 12.1 Å². The smallest absolute Gasteiger partial charge is 0.229 e. The molecule has 1 aliphatic rings. The lowest BCUT2D eigenvalue weighted by atomic mass is 10.3. The van der Waals surface area contributed by atoms with Gasteiger partial charge in [-0.3, -0.25) is 4.90 Å². The van der Waals surface area contributed by atoms with Crippen LogP contribution in [0.5, 0.6) is 0 Å². The first-order chi connectivity index (χ1) is 11.7. The summed E-state index contributed by atoms with van der Waals surface area (Å²) in [7, 11) is 0. The molecule has 6 nitrogen and oxygen atoms in total. The molecule has 126 valence electrons. The number of aromatic nitrogens is 4. The van der Waals surface area contributed by atoms with Crippen molar-refractivity contribution in [2.75, 3.05) is 13.1 Å². The molecule has 0 atom stereocenters. The summed E-state index contributed by atoms with van der Waals surface area (Å²) < 4.78 is 18.5. The summed E-state index contributed by atoms with van der Waals surface area (Å²) in [6.45, 7) is 4.49. The van der Waals surface area contributed by atoms with Gasteiger partial charge in [-0.15, -0.1) is 0 Å². The Bertz CT molecular complexity index is 838. The van der Waals surface area contributed by atoms with Crippen molar-refractivity contribution in [1.29, 1.82) is 0 Å². The van der Waals surface area contributed by atoms with Crippen molar-refractivity contribution in [2.24, 2.45) is 0 Å². The molecule has 0 saturated heterocycles. The summed E-state index contributed by atoms with van der Waals surface area (Å²) in [6, 6.07) is 4.60. The van der Waals surface area contributed by atoms with E-state index in [-0.39, 0.29) is 5.82 Å². The number of rotatable bonds is 7. The van der Waals surface area contributed by atoms with Gasteiger partial charge in [-0.05, 0) is 37.6 Å². The fourth-order valence-electron chi connectivity index (χ4n) is 2.79. The van der Waals surface area contributed by atoms with Gasteiger partial charge in [0.15, 0.2) is 5.82 Å². The van der Waals surface area contributed by atoms with Crippen LogP contribution < -0.4 is 0 Å². The number of likely N-dealkylation sites (N-methyl/N-ethyl adjacent to an activating group) is 1. The number of hydrogen-bond acceptors (Lipinski definition) is 5. The van der Waals surface area contributed by atoms with Crippen LogP contribution in [0, 0.1) is 5.82 Å². The highest BCUT2D eigenvalue weighted by Crippen LogP contribution is 2.38. The molecule has 0 bridgehead atoms. The second kappa shape index (κ2) is 6.32. The molecule has 1 fully saturated rings. The van der Waals surface area contributed by atoms with Crippen LogP contribution in [0.15, 0.2) is 22.7 Å². The molecule has 3 aromatic rings. The molecule has 2 aromatic heterocycles. The lowest BCUT2D eigenvalue weighted by molar-refractivity contribution is 0.268. The Labute approximate surface area is 139 Å². The number of H-pyrrole nitrogens is 1. The Balaban J connectivity index is 1.38. The van der Waals surface area contributed by atoms with Gasteiger partial charge >= 0.3 is 0 Å².